The summed E-state index contributed by atoms with van der Waals surface area (Å²) < 4.78 is 0. The smallest absolute Gasteiger partial charge is 0.00649 e. The lowest BCUT2D eigenvalue weighted by atomic mass is 9.95. The standard InChI is InChI=1S/C10H24N2/c1-5-6-10(11)9(2)7-8-12(3)4/h9-10H,5-8,11H2,1-4H3/t9-,10+/m0/s1. The second kappa shape index (κ2) is 6.44. The quantitative estimate of drug-likeness (QED) is 0.661. The highest BCUT2D eigenvalue weighted by molar-refractivity contribution is 4.69. The van der Waals surface area contributed by atoms with Gasteiger partial charge in [0.2, 0.25) is 0 Å². The normalized spacial score (nSPS) is 16.5. The molecule has 0 aliphatic rings. The fourth-order valence-corrected chi connectivity index (χ4v) is 1.29. The number of nitrogens with two attached hydrogens (primary N) is 1. The van der Waals surface area contributed by atoms with Crippen LogP contribution in [0.25, 0.3) is 0 Å². The van der Waals surface area contributed by atoms with Gasteiger partial charge in [0.25, 0.3) is 0 Å². The minimum Gasteiger partial charge on any atom is -0.327 e. The summed E-state index contributed by atoms with van der Waals surface area (Å²) >= 11 is 0. The van der Waals surface area contributed by atoms with Gasteiger partial charge >= 0.3 is 0 Å². The van der Waals surface area contributed by atoms with E-state index in [-0.39, 0.29) is 0 Å². The third-order valence-corrected chi connectivity index (χ3v) is 2.38. The Kier molecular flexibility index (Phi) is 6.39. The first-order valence-electron chi connectivity index (χ1n) is 4.98. The van der Waals surface area contributed by atoms with Crippen molar-refractivity contribution in [3.05, 3.63) is 0 Å². The zero-order chi connectivity index (χ0) is 9.56. The summed E-state index contributed by atoms with van der Waals surface area (Å²) in [7, 11) is 4.22. The van der Waals surface area contributed by atoms with Gasteiger partial charge in [-0.05, 0) is 39.4 Å². The van der Waals surface area contributed by atoms with Crippen LogP contribution < -0.4 is 5.73 Å². The maximum atomic E-state index is 6.00. The lowest BCUT2D eigenvalue weighted by Gasteiger charge is -2.20. The molecule has 0 aromatic carbocycles. The zero-order valence-corrected chi connectivity index (χ0v) is 9.01. The Morgan fingerprint density at radius 3 is 2.25 bits per heavy atom. The van der Waals surface area contributed by atoms with Crippen LogP contribution in [0.3, 0.4) is 0 Å². The van der Waals surface area contributed by atoms with E-state index in [1.54, 1.807) is 0 Å². The number of hydrogen-bond donors (Lipinski definition) is 1. The van der Waals surface area contributed by atoms with Crippen molar-refractivity contribution in [3.8, 4) is 0 Å². The van der Waals surface area contributed by atoms with Crippen LogP contribution in [-0.4, -0.2) is 31.6 Å². The van der Waals surface area contributed by atoms with E-state index in [2.05, 4.69) is 32.8 Å². The minimum absolute atomic E-state index is 0.398. The van der Waals surface area contributed by atoms with E-state index in [1.165, 1.54) is 12.8 Å². The molecule has 0 unspecified atom stereocenters. The Morgan fingerprint density at radius 1 is 1.25 bits per heavy atom. The van der Waals surface area contributed by atoms with E-state index in [1.807, 2.05) is 0 Å². The van der Waals surface area contributed by atoms with Crippen LogP contribution in [0.1, 0.15) is 33.1 Å². The lowest BCUT2D eigenvalue weighted by Crippen LogP contribution is -2.30. The second-order valence-corrected chi connectivity index (χ2v) is 4.02. The van der Waals surface area contributed by atoms with Crippen molar-refractivity contribution in [2.75, 3.05) is 20.6 Å². The SMILES string of the molecule is CCC[C@@H](N)[C@@H](C)CCN(C)C. The summed E-state index contributed by atoms with van der Waals surface area (Å²) in [4.78, 5) is 2.22. The van der Waals surface area contributed by atoms with Crippen molar-refractivity contribution in [1.29, 1.82) is 0 Å². The number of rotatable bonds is 6. The van der Waals surface area contributed by atoms with E-state index < -0.39 is 0 Å². The Bertz CT molecular complexity index is 102. The van der Waals surface area contributed by atoms with Crippen molar-refractivity contribution in [1.82, 2.24) is 4.90 Å². The van der Waals surface area contributed by atoms with Gasteiger partial charge in [0.05, 0.1) is 0 Å². The maximum Gasteiger partial charge on any atom is 0.00649 e. The summed E-state index contributed by atoms with van der Waals surface area (Å²) in [6.45, 7) is 5.60. The summed E-state index contributed by atoms with van der Waals surface area (Å²) in [5, 5.41) is 0. The van der Waals surface area contributed by atoms with E-state index in [4.69, 9.17) is 5.73 Å². The van der Waals surface area contributed by atoms with Crippen LogP contribution in [0.5, 0.6) is 0 Å². The van der Waals surface area contributed by atoms with Gasteiger partial charge in [-0.15, -0.1) is 0 Å². The van der Waals surface area contributed by atoms with Crippen LogP contribution in [0.2, 0.25) is 0 Å². The average Bonchev–Trinajstić information content (AvgIpc) is 2.00. The molecule has 2 nitrogen and oxygen atoms in total. The predicted octanol–water partition coefficient (Wildman–Crippen LogP) is 1.70. The molecule has 0 aromatic rings. The van der Waals surface area contributed by atoms with E-state index in [9.17, 15) is 0 Å². The Morgan fingerprint density at radius 2 is 1.83 bits per heavy atom. The predicted molar refractivity (Wildman–Crippen MR) is 55.2 cm³/mol. The molecule has 0 spiro atoms. The molecular formula is C10H24N2. The van der Waals surface area contributed by atoms with Gasteiger partial charge in [0.1, 0.15) is 0 Å². The molecule has 0 aromatic heterocycles. The Balaban J connectivity index is 3.49. The molecule has 0 radical (unpaired) electrons. The summed E-state index contributed by atoms with van der Waals surface area (Å²) in [6, 6.07) is 0.398. The summed E-state index contributed by atoms with van der Waals surface area (Å²) in [5.41, 5.74) is 6.00. The van der Waals surface area contributed by atoms with Crippen LogP contribution in [0.15, 0.2) is 0 Å². The molecule has 0 aliphatic carbocycles. The van der Waals surface area contributed by atoms with Gasteiger partial charge < -0.3 is 10.6 Å². The molecule has 0 saturated heterocycles. The van der Waals surface area contributed by atoms with E-state index in [0.29, 0.717) is 12.0 Å². The Labute approximate surface area is 77.1 Å². The molecule has 0 saturated carbocycles. The molecular weight excluding hydrogens is 148 g/mol. The van der Waals surface area contributed by atoms with Gasteiger partial charge in [-0.1, -0.05) is 20.3 Å². The molecule has 0 heterocycles. The highest BCUT2D eigenvalue weighted by atomic mass is 15.0. The minimum atomic E-state index is 0.398. The van der Waals surface area contributed by atoms with Crippen molar-refractivity contribution in [2.24, 2.45) is 11.7 Å². The van der Waals surface area contributed by atoms with Crippen molar-refractivity contribution in [2.45, 2.75) is 39.2 Å². The first-order valence-corrected chi connectivity index (χ1v) is 4.98. The van der Waals surface area contributed by atoms with Gasteiger partial charge in [0.15, 0.2) is 0 Å². The first-order chi connectivity index (χ1) is 5.57. The van der Waals surface area contributed by atoms with Crippen LogP contribution in [0, 0.1) is 5.92 Å². The van der Waals surface area contributed by atoms with Crippen LogP contribution in [-0.2, 0) is 0 Å². The highest BCUT2D eigenvalue weighted by Crippen LogP contribution is 2.10. The molecule has 2 atom stereocenters. The molecule has 0 aliphatic heterocycles. The van der Waals surface area contributed by atoms with Crippen LogP contribution >= 0.6 is 0 Å². The molecule has 0 rings (SSSR count). The fraction of sp³-hybridized carbons (Fsp3) is 1.00. The fourth-order valence-electron chi connectivity index (χ4n) is 1.29. The van der Waals surface area contributed by atoms with E-state index in [0.717, 1.165) is 13.0 Å². The van der Waals surface area contributed by atoms with Crippen molar-refractivity contribution < 1.29 is 0 Å². The molecule has 74 valence electrons. The molecule has 2 N–H and O–H groups in total. The van der Waals surface area contributed by atoms with Crippen molar-refractivity contribution >= 4 is 0 Å². The maximum absolute atomic E-state index is 6.00. The number of nitrogens with zero attached hydrogens (tertiary/aromatic N) is 1. The number of hydrogen-bond acceptors (Lipinski definition) is 2. The zero-order valence-electron chi connectivity index (χ0n) is 9.01. The van der Waals surface area contributed by atoms with Gasteiger partial charge in [-0.3, -0.25) is 0 Å². The van der Waals surface area contributed by atoms with Crippen LogP contribution in [0.4, 0.5) is 0 Å². The van der Waals surface area contributed by atoms with Gasteiger partial charge in [-0.25, -0.2) is 0 Å². The topological polar surface area (TPSA) is 29.3 Å². The molecule has 12 heavy (non-hydrogen) atoms. The monoisotopic (exact) mass is 172 g/mol. The third kappa shape index (κ3) is 5.56. The van der Waals surface area contributed by atoms with Gasteiger partial charge in [0, 0.05) is 6.04 Å². The highest BCUT2D eigenvalue weighted by Gasteiger charge is 2.11. The third-order valence-electron chi connectivity index (χ3n) is 2.38. The molecule has 0 bridgehead atoms. The molecule has 2 heteroatoms. The first kappa shape index (κ1) is 11.9. The molecule has 0 amide bonds. The van der Waals surface area contributed by atoms with E-state index >= 15 is 0 Å². The largest absolute Gasteiger partial charge is 0.327 e. The Hall–Kier alpha value is -0.0800. The summed E-state index contributed by atoms with van der Waals surface area (Å²) in [6.07, 6.45) is 3.58. The second-order valence-electron chi connectivity index (χ2n) is 4.02. The lowest BCUT2D eigenvalue weighted by molar-refractivity contribution is 0.325. The molecule has 0 fully saturated rings. The average molecular weight is 172 g/mol. The summed E-state index contributed by atoms with van der Waals surface area (Å²) in [5.74, 6) is 0.660. The van der Waals surface area contributed by atoms with Gasteiger partial charge in [-0.2, -0.15) is 0 Å². The van der Waals surface area contributed by atoms with Crippen molar-refractivity contribution in [3.63, 3.8) is 0 Å².